The van der Waals surface area contributed by atoms with Gasteiger partial charge >= 0.3 is 5.97 Å². The highest BCUT2D eigenvalue weighted by molar-refractivity contribution is 5.83. The van der Waals surface area contributed by atoms with Crippen molar-refractivity contribution in [3.8, 4) is 0 Å². The SMILES string of the molecule is CCC(=O)NC(CC(C)(C)C)C(=O)O. The molecule has 0 aromatic rings. The molecule has 1 unspecified atom stereocenters. The maximum absolute atomic E-state index is 11.0. The van der Waals surface area contributed by atoms with Crippen LogP contribution < -0.4 is 5.32 Å². The summed E-state index contributed by atoms with van der Waals surface area (Å²) in [7, 11) is 0. The monoisotopic (exact) mass is 201 g/mol. The van der Waals surface area contributed by atoms with E-state index in [1.807, 2.05) is 20.8 Å². The molecule has 1 amide bonds. The Bertz CT molecular complexity index is 218. The van der Waals surface area contributed by atoms with Gasteiger partial charge in [-0.3, -0.25) is 4.79 Å². The van der Waals surface area contributed by atoms with Gasteiger partial charge in [-0.25, -0.2) is 4.79 Å². The molecule has 4 heteroatoms. The van der Waals surface area contributed by atoms with Gasteiger partial charge in [0, 0.05) is 6.42 Å². The molecule has 0 heterocycles. The van der Waals surface area contributed by atoms with Crippen LogP contribution >= 0.6 is 0 Å². The topological polar surface area (TPSA) is 66.4 Å². The van der Waals surface area contributed by atoms with Crippen molar-refractivity contribution in [2.24, 2.45) is 5.41 Å². The van der Waals surface area contributed by atoms with Crippen molar-refractivity contribution in [1.82, 2.24) is 5.32 Å². The number of amides is 1. The van der Waals surface area contributed by atoms with E-state index in [2.05, 4.69) is 5.32 Å². The molecule has 0 aromatic heterocycles. The Morgan fingerprint density at radius 1 is 1.36 bits per heavy atom. The third kappa shape index (κ3) is 5.56. The molecule has 0 rings (SSSR count). The summed E-state index contributed by atoms with van der Waals surface area (Å²) in [6.45, 7) is 7.54. The van der Waals surface area contributed by atoms with E-state index in [-0.39, 0.29) is 11.3 Å². The normalized spacial score (nSPS) is 13.4. The number of rotatable bonds is 4. The molecular formula is C10H19NO3. The van der Waals surface area contributed by atoms with Gasteiger partial charge in [-0.2, -0.15) is 0 Å². The fraction of sp³-hybridized carbons (Fsp3) is 0.800. The standard InChI is InChI=1S/C10H19NO3/c1-5-8(12)11-7(9(13)14)6-10(2,3)4/h7H,5-6H2,1-4H3,(H,11,12)(H,13,14). The third-order valence-electron chi connectivity index (χ3n) is 1.77. The Hall–Kier alpha value is -1.06. The molecule has 0 saturated carbocycles. The van der Waals surface area contributed by atoms with Crippen LogP contribution in [0.2, 0.25) is 0 Å². The Balaban J connectivity index is 4.31. The molecule has 0 aromatic carbocycles. The maximum Gasteiger partial charge on any atom is 0.326 e. The lowest BCUT2D eigenvalue weighted by Gasteiger charge is -2.23. The van der Waals surface area contributed by atoms with Crippen molar-refractivity contribution in [3.05, 3.63) is 0 Å². The molecule has 82 valence electrons. The lowest BCUT2D eigenvalue weighted by atomic mass is 9.88. The third-order valence-corrected chi connectivity index (χ3v) is 1.77. The fourth-order valence-corrected chi connectivity index (χ4v) is 1.11. The molecule has 14 heavy (non-hydrogen) atoms. The van der Waals surface area contributed by atoms with E-state index in [9.17, 15) is 9.59 Å². The smallest absolute Gasteiger partial charge is 0.326 e. The molecule has 4 nitrogen and oxygen atoms in total. The molecule has 1 atom stereocenters. The molecule has 0 aliphatic rings. The zero-order chi connectivity index (χ0) is 11.4. The maximum atomic E-state index is 11.0. The number of carbonyl (C=O) groups is 2. The summed E-state index contributed by atoms with van der Waals surface area (Å²) in [4.78, 5) is 21.9. The van der Waals surface area contributed by atoms with E-state index in [4.69, 9.17) is 5.11 Å². The van der Waals surface area contributed by atoms with E-state index in [1.165, 1.54) is 0 Å². The number of carboxylic acid groups (broad SMARTS) is 1. The Labute approximate surface area is 84.7 Å². The summed E-state index contributed by atoms with van der Waals surface area (Å²) in [6, 6.07) is -0.776. The summed E-state index contributed by atoms with van der Waals surface area (Å²) in [6.07, 6.45) is 0.752. The highest BCUT2D eigenvalue weighted by Crippen LogP contribution is 2.20. The minimum atomic E-state index is -0.971. The average molecular weight is 201 g/mol. The van der Waals surface area contributed by atoms with Crippen LogP contribution in [0.5, 0.6) is 0 Å². The predicted molar refractivity (Wildman–Crippen MR) is 53.9 cm³/mol. The van der Waals surface area contributed by atoms with Crippen LogP contribution in [0, 0.1) is 5.41 Å². The lowest BCUT2D eigenvalue weighted by molar-refractivity contribution is -0.142. The lowest BCUT2D eigenvalue weighted by Crippen LogP contribution is -2.42. The number of nitrogens with one attached hydrogen (secondary N) is 1. The first kappa shape index (κ1) is 12.9. The van der Waals surface area contributed by atoms with Crippen LogP contribution in [-0.4, -0.2) is 23.0 Å². The highest BCUT2D eigenvalue weighted by atomic mass is 16.4. The molecule has 0 radical (unpaired) electrons. The molecule has 0 bridgehead atoms. The summed E-state index contributed by atoms with van der Waals surface area (Å²) in [5, 5.41) is 11.4. The van der Waals surface area contributed by atoms with Crippen molar-refractivity contribution in [2.45, 2.75) is 46.6 Å². The van der Waals surface area contributed by atoms with Gasteiger partial charge in [0.1, 0.15) is 6.04 Å². The van der Waals surface area contributed by atoms with Crippen molar-refractivity contribution >= 4 is 11.9 Å². The Kier molecular flexibility index (Phi) is 4.60. The second-order valence-corrected chi connectivity index (χ2v) is 4.58. The van der Waals surface area contributed by atoms with Gasteiger partial charge in [-0.15, -0.1) is 0 Å². The number of carboxylic acids is 1. The Morgan fingerprint density at radius 3 is 2.14 bits per heavy atom. The van der Waals surface area contributed by atoms with Gasteiger partial charge in [0.15, 0.2) is 0 Å². The van der Waals surface area contributed by atoms with Crippen molar-refractivity contribution in [2.75, 3.05) is 0 Å². The second-order valence-electron chi connectivity index (χ2n) is 4.58. The van der Waals surface area contributed by atoms with Gasteiger partial charge in [-0.1, -0.05) is 27.7 Å². The average Bonchev–Trinajstić information content (AvgIpc) is 2.00. The zero-order valence-corrected chi connectivity index (χ0v) is 9.26. The first-order chi connectivity index (χ1) is 6.26. The Morgan fingerprint density at radius 2 is 1.86 bits per heavy atom. The minimum absolute atomic E-state index is 0.107. The van der Waals surface area contributed by atoms with E-state index in [0.29, 0.717) is 12.8 Å². The van der Waals surface area contributed by atoms with Gasteiger partial charge < -0.3 is 10.4 Å². The van der Waals surface area contributed by atoms with Crippen molar-refractivity contribution in [1.29, 1.82) is 0 Å². The summed E-state index contributed by atoms with van der Waals surface area (Å²) in [5.74, 6) is -1.19. The van der Waals surface area contributed by atoms with Crippen molar-refractivity contribution in [3.63, 3.8) is 0 Å². The summed E-state index contributed by atoms with van der Waals surface area (Å²) in [5.41, 5.74) is -0.107. The van der Waals surface area contributed by atoms with Gasteiger partial charge in [-0.05, 0) is 11.8 Å². The summed E-state index contributed by atoms with van der Waals surface area (Å²) < 4.78 is 0. The quantitative estimate of drug-likeness (QED) is 0.722. The second kappa shape index (κ2) is 4.98. The van der Waals surface area contributed by atoms with Crippen LogP contribution in [0.3, 0.4) is 0 Å². The highest BCUT2D eigenvalue weighted by Gasteiger charge is 2.25. The number of aliphatic carboxylic acids is 1. The first-order valence-electron chi connectivity index (χ1n) is 4.78. The molecule has 0 saturated heterocycles. The van der Waals surface area contributed by atoms with Crippen LogP contribution in [-0.2, 0) is 9.59 Å². The molecule has 0 aliphatic heterocycles. The minimum Gasteiger partial charge on any atom is -0.480 e. The molecule has 2 N–H and O–H groups in total. The van der Waals surface area contributed by atoms with E-state index in [1.54, 1.807) is 6.92 Å². The van der Waals surface area contributed by atoms with Crippen molar-refractivity contribution < 1.29 is 14.7 Å². The molecule has 0 spiro atoms. The van der Waals surface area contributed by atoms with Crippen LogP contribution in [0.4, 0.5) is 0 Å². The number of hydrogen-bond donors (Lipinski definition) is 2. The molecule has 0 fully saturated rings. The van der Waals surface area contributed by atoms with Gasteiger partial charge in [0.05, 0.1) is 0 Å². The van der Waals surface area contributed by atoms with E-state index >= 15 is 0 Å². The molecular weight excluding hydrogens is 182 g/mol. The van der Waals surface area contributed by atoms with E-state index in [0.717, 1.165) is 0 Å². The molecule has 0 aliphatic carbocycles. The van der Waals surface area contributed by atoms with Crippen LogP contribution in [0.15, 0.2) is 0 Å². The summed E-state index contributed by atoms with van der Waals surface area (Å²) >= 11 is 0. The van der Waals surface area contributed by atoms with Gasteiger partial charge in [0.2, 0.25) is 5.91 Å². The van der Waals surface area contributed by atoms with Crippen LogP contribution in [0.1, 0.15) is 40.5 Å². The van der Waals surface area contributed by atoms with Crippen LogP contribution in [0.25, 0.3) is 0 Å². The first-order valence-corrected chi connectivity index (χ1v) is 4.78. The fourth-order valence-electron chi connectivity index (χ4n) is 1.11. The van der Waals surface area contributed by atoms with E-state index < -0.39 is 12.0 Å². The largest absolute Gasteiger partial charge is 0.480 e. The number of hydrogen-bond acceptors (Lipinski definition) is 2. The zero-order valence-electron chi connectivity index (χ0n) is 9.26. The predicted octanol–water partition coefficient (Wildman–Crippen LogP) is 1.40. The van der Waals surface area contributed by atoms with Gasteiger partial charge in [0.25, 0.3) is 0 Å². The number of carbonyl (C=O) groups excluding carboxylic acids is 1.